The fraction of sp³-hybridized carbons (Fsp3) is 0.312. The van der Waals surface area contributed by atoms with E-state index in [9.17, 15) is 34.8 Å². The highest BCUT2D eigenvalue weighted by Crippen LogP contribution is 2.20. The molecule has 0 amide bonds. The highest BCUT2D eigenvalue weighted by Gasteiger charge is 2.25. The van der Waals surface area contributed by atoms with E-state index in [1.807, 2.05) is 0 Å². The predicted molar refractivity (Wildman–Crippen MR) is 92.6 cm³/mol. The van der Waals surface area contributed by atoms with Crippen molar-refractivity contribution in [2.45, 2.75) is 19.3 Å². The lowest BCUT2D eigenvalue weighted by atomic mass is 10.3. The SMILES string of the molecule is COC(=O)CCCOC(OC(=O)On1c(O)ccc1O)OC(=O)On1c(O)ccc1O. The number of carbonyl (C=O) groups is 3. The van der Waals surface area contributed by atoms with Gasteiger partial charge in [0.2, 0.25) is 23.5 Å². The van der Waals surface area contributed by atoms with Gasteiger partial charge in [-0.1, -0.05) is 0 Å². The van der Waals surface area contributed by atoms with Crippen LogP contribution in [0, 0.1) is 0 Å². The first-order valence-electron chi connectivity index (χ1n) is 8.37. The van der Waals surface area contributed by atoms with Gasteiger partial charge in [0.1, 0.15) is 0 Å². The second-order valence-electron chi connectivity index (χ2n) is 5.45. The molecular formula is C16H18N2O13. The van der Waals surface area contributed by atoms with Gasteiger partial charge in [0.15, 0.2) is 0 Å². The molecule has 0 aliphatic carbocycles. The molecule has 4 N–H and O–H groups in total. The molecule has 2 aromatic rings. The molecule has 0 aliphatic rings. The molecule has 0 fully saturated rings. The van der Waals surface area contributed by atoms with Gasteiger partial charge in [-0.25, -0.2) is 9.59 Å². The molecule has 0 unspecified atom stereocenters. The van der Waals surface area contributed by atoms with Crippen molar-refractivity contribution < 1.29 is 63.4 Å². The summed E-state index contributed by atoms with van der Waals surface area (Å²) in [6.45, 7) is -2.35. The standard InChI is InChI=1S/C16H18N2O13/c1-26-13(23)3-2-8-27-16(28-14(24)30-17-9(19)4-5-10(17)20)29-15(25)31-18-11(21)6-7-12(18)22/h4-7,16,19-22H,2-3,8H2,1H3. The molecule has 0 spiro atoms. The Kier molecular flexibility index (Phi) is 7.79. The number of aromatic nitrogens is 2. The third-order valence-electron chi connectivity index (χ3n) is 3.32. The smallest absolute Gasteiger partial charge is 0.492 e. The van der Waals surface area contributed by atoms with Gasteiger partial charge in [-0.15, -0.1) is 9.46 Å². The molecule has 0 radical (unpaired) electrons. The van der Waals surface area contributed by atoms with Gasteiger partial charge in [0.05, 0.1) is 13.7 Å². The lowest BCUT2D eigenvalue weighted by Crippen LogP contribution is -2.33. The van der Waals surface area contributed by atoms with Crippen molar-refractivity contribution in [2.24, 2.45) is 0 Å². The maximum Gasteiger partial charge on any atom is 0.538 e. The number of carbonyl (C=O) groups excluding carboxylic acids is 3. The molecule has 31 heavy (non-hydrogen) atoms. The van der Waals surface area contributed by atoms with Gasteiger partial charge in [-0.2, -0.15) is 0 Å². The van der Waals surface area contributed by atoms with Crippen LogP contribution in [0.5, 0.6) is 23.5 Å². The van der Waals surface area contributed by atoms with Crippen LogP contribution in [-0.2, 0) is 23.7 Å². The van der Waals surface area contributed by atoms with Crippen molar-refractivity contribution in [1.29, 1.82) is 0 Å². The Morgan fingerprint density at radius 3 is 1.65 bits per heavy atom. The van der Waals surface area contributed by atoms with Crippen LogP contribution in [0.4, 0.5) is 9.59 Å². The molecule has 170 valence electrons. The van der Waals surface area contributed by atoms with E-state index in [-0.39, 0.29) is 19.4 Å². The Morgan fingerprint density at radius 1 is 0.839 bits per heavy atom. The summed E-state index contributed by atoms with van der Waals surface area (Å²) in [7, 11) is 1.18. The molecule has 0 aromatic carbocycles. The van der Waals surface area contributed by atoms with Crippen LogP contribution in [0.1, 0.15) is 12.8 Å². The number of esters is 1. The summed E-state index contributed by atoms with van der Waals surface area (Å²) in [6, 6.07) is 4.03. The number of aromatic hydroxyl groups is 4. The first-order valence-corrected chi connectivity index (χ1v) is 8.37. The van der Waals surface area contributed by atoms with Crippen LogP contribution >= 0.6 is 0 Å². The number of ether oxygens (including phenoxy) is 4. The van der Waals surface area contributed by atoms with Crippen molar-refractivity contribution in [3.8, 4) is 23.5 Å². The topological polar surface area (TPSA) is 197 Å². The third-order valence-corrected chi connectivity index (χ3v) is 3.32. The van der Waals surface area contributed by atoms with Crippen molar-refractivity contribution in [1.82, 2.24) is 9.46 Å². The molecule has 0 bridgehead atoms. The maximum atomic E-state index is 11.9. The van der Waals surface area contributed by atoms with Crippen LogP contribution in [-0.4, -0.2) is 68.4 Å². The molecule has 2 heterocycles. The van der Waals surface area contributed by atoms with E-state index in [2.05, 4.69) is 23.9 Å². The number of nitrogens with zero attached hydrogens (tertiary/aromatic N) is 2. The Balaban J connectivity index is 1.98. The lowest BCUT2D eigenvalue weighted by Gasteiger charge is -2.17. The van der Waals surface area contributed by atoms with Crippen molar-refractivity contribution in [3.63, 3.8) is 0 Å². The van der Waals surface area contributed by atoms with Crippen LogP contribution in [0.3, 0.4) is 0 Å². The van der Waals surface area contributed by atoms with Gasteiger partial charge < -0.3 is 39.4 Å². The van der Waals surface area contributed by atoms with Crippen molar-refractivity contribution in [3.05, 3.63) is 24.3 Å². The molecule has 15 nitrogen and oxygen atoms in total. The van der Waals surface area contributed by atoms with E-state index in [1.165, 1.54) is 7.11 Å². The van der Waals surface area contributed by atoms with E-state index in [1.54, 1.807) is 0 Å². The molecule has 0 saturated carbocycles. The third kappa shape index (κ3) is 6.64. The summed E-state index contributed by atoms with van der Waals surface area (Å²) in [4.78, 5) is 43.9. The first-order chi connectivity index (χ1) is 14.7. The minimum absolute atomic E-state index is 0.0612. The van der Waals surface area contributed by atoms with Gasteiger partial charge in [-0.3, -0.25) is 14.5 Å². The van der Waals surface area contributed by atoms with Crippen LogP contribution in [0.2, 0.25) is 0 Å². The minimum atomic E-state index is -2.09. The van der Waals surface area contributed by atoms with Crippen molar-refractivity contribution >= 4 is 18.3 Å². The zero-order valence-corrected chi connectivity index (χ0v) is 15.9. The monoisotopic (exact) mass is 446 g/mol. The Bertz CT molecular complexity index is 818. The van der Waals surface area contributed by atoms with Gasteiger partial charge in [0, 0.05) is 30.7 Å². The van der Waals surface area contributed by atoms with Crippen LogP contribution in [0.15, 0.2) is 24.3 Å². The summed E-state index contributed by atoms with van der Waals surface area (Å²) in [5.41, 5.74) is 0. The second-order valence-corrected chi connectivity index (χ2v) is 5.45. The Labute approximate surface area is 172 Å². The number of rotatable bonds is 9. The fourth-order valence-corrected chi connectivity index (χ4v) is 1.93. The summed E-state index contributed by atoms with van der Waals surface area (Å²) < 4.78 is 19.3. The van der Waals surface area contributed by atoms with E-state index in [0.29, 0.717) is 9.46 Å². The summed E-state index contributed by atoms with van der Waals surface area (Å²) in [5.74, 6) is -3.14. The summed E-state index contributed by atoms with van der Waals surface area (Å²) >= 11 is 0. The molecule has 0 saturated heterocycles. The molecule has 0 atom stereocenters. The largest absolute Gasteiger partial charge is 0.538 e. The van der Waals surface area contributed by atoms with E-state index in [0.717, 1.165) is 24.3 Å². The quantitative estimate of drug-likeness (QED) is 0.232. The molecule has 2 rings (SSSR count). The van der Waals surface area contributed by atoms with Crippen LogP contribution < -0.4 is 9.68 Å². The summed E-state index contributed by atoms with van der Waals surface area (Å²) in [6.07, 6.45) is -3.15. The number of methoxy groups -OCH3 is 1. The fourth-order valence-electron chi connectivity index (χ4n) is 1.93. The van der Waals surface area contributed by atoms with E-state index < -0.39 is 48.3 Å². The first kappa shape index (κ1) is 23.0. The van der Waals surface area contributed by atoms with Gasteiger partial charge >= 0.3 is 24.8 Å². The van der Waals surface area contributed by atoms with E-state index >= 15 is 0 Å². The predicted octanol–water partition coefficient (Wildman–Crippen LogP) is 0.196. The van der Waals surface area contributed by atoms with Crippen molar-refractivity contribution in [2.75, 3.05) is 13.7 Å². The minimum Gasteiger partial charge on any atom is -0.492 e. The van der Waals surface area contributed by atoms with E-state index in [4.69, 9.17) is 4.74 Å². The highest BCUT2D eigenvalue weighted by atomic mass is 17.0. The van der Waals surface area contributed by atoms with Crippen LogP contribution in [0.25, 0.3) is 0 Å². The van der Waals surface area contributed by atoms with Gasteiger partial charge in [-0.05, 0) is 6.42 Å². The zero-order valence-electron chi connectivity index (χ0n) is 15.9. The second kappa shape index (κ2) is 10.5. The average molecular weight is 446 g/mol. The summed E-state index contributed by atoms with van der Waals surface area (Å²) in [5, 5.41) is 37.8. The number of hydrogen-bond donors (Lipinski definition) is 4. The average Bonchev–Trinajstić information content (AvgIpc) is 3.20. The Hall–Kier alpha value is -4.27. The lowest BCUT2D eigenvalue weighted by molar-refractivity contribution is -0.248. The Morgan fingerprint density at radius 2 is 1.26 bits per heavy atom. The molecule has 15 heteroatoms. The molecule has 2 aromatic heterocycles. The maximum absolute atomic E-state index is 11.9. The normalized spacial score (nSPS) is 10.5. The molecule has 0 aliphatic heterocycles. The zero-order chi connectivity index (χ0) is 23.0. The molecular weight excluding hydrogens is 428 g/mol. The van der Waals surface area contributed by atoms with Gasteiger partial charge in [0.25, 0.3) is 0 Å². The number of hydrogen-bond acceptors (Lipinski definition) is 13. The highest BCUT2D eigenvalue weighted by molar-refractivity contribution is 5.69.